The van der Waals surface area contributed by atoms with E-state index in [1.165, 1.54) is 17.0 Å². The van der Waals surface area contributed by atoms with Gasteiger partial charge < -0.3 is 15.0 Å². The van der Waals surface area contributed by atoms with Crippen LogP contribution in [0.1, 0.15) is 62.3 Å². The fraction of sp³-hybridized carbons (Fsp3) is 0.394. The Kier molecular flexibility index (Phi) is 11.4. The molecule has 0 aliphatic heterocycles. The van der Waals surface area contributed by atoms with E-state index in [1.807, 2.05) is 44.2 Å². The number of sulfonamides is 1. The summed E-state index contributed by atoms with van der Waals surface area (Å²) < 4.78 is 46.9. The molecule has 43 heavy (non-hydrogen) atoms. The smallest absolute Gasteiger partial charge is 0.247 e. The summed E-state index contributed by atoms with van der Waals surface area (Å²) in [5, 5.41) is 2.96. The number of amides is 2. The highest BCUT2D eigenvalue weighted by atomic mass is 32.2. The van der Waals surface area contributed by atoms with Crippen molar-refractivity contribution >= 4 is 21.8 Å². The molecule has 3 aromatic carbocycles. The Balaban J connectivity index is 1.52. The highest BCUT2D eigenvalue weighted by Crippen LogP contribution is 2.26. The fourth-order valence-corrected chi connectivity index (χ4v) is 5.94. The molecule has 2 amide bonds. The molecule has 0 bridgehead atoms. The first-order valence-electron chi connectivity index (χ1n) is 14.7. The number of nitrogens with one attached hydrogen (secondary N) is 2. The maximum Gasteiger partial charge on any atom is 0.247 e. The average Bonchev–Trinajstić information content (AvgIpc) is 3.80. The maximum atomic E-state index is 13.9. The number of aryl methyl sites for hydroxylation is 1. The van der Waals surface area contributed by atoms with Crippen LogP contribution in [-0.2, 0) is 37.3 Å². The monoisotopic (exact) mass is 609 g/mol. The number of carbonyl (C=O) groups is 2. The minimum atomic E-state index is -3.57. The van der Waals surface area contributed by atoms with Crippen molar-refractivity contribution in [1.29, 1.82) is 0 Å². The van der Waals surface area contributed by atoms with Crippen molar-refractivity contribution in [2.75, 3.05) is 13.2 Å². The van der Waals surface area contributed by atoms with Crippen LogP contribution < -0.4 is 10.0 Å². The second-order valence-corrected chi connectivity index (χ2v) is 12.8. The van der Waals surface area contributed by atoms with Crippen LogP contribution in [0.2, 0.25) is 0 Å². The molecule has 1 atom stereocenters. The van der Waals surface area contributed by atoms with Gasteiger partial charge in [0.05, 0.1) is 11.0 Å². The zero-order valence-corrected chi connectivity index (χ0v) is 25.5. The fourth-order valence-electron chi connectivity index (χ4n) is 4.64. The van der Waals surface area contributed by atoms with E-state index < -0.39 is 16.1 Å². The van der Waals surface area contributed by atoms with Crippen molar-refractivity contribution < 1.29 is 27.1 Å². The van der Waals surface area contributed by atoms with Gasteiger partial charge in [0.2, 0.25) is 21.8 Å². The number of halogens is 1. The summed E-state index contributed by atoms with van der Waals surface area (Å²) in [5.41, 5.74) is 2.14. The van der Waals surface area contributed by atoms with Crippen LogP contribution in [0.3, 0.4) is 0 Å². The molecule has 0 aromatic heterocycles. The number of hydrogen-bond acceptors (Lipinski definition) is 5. The van der Waals surface area contributed by atoms with Gasteiger partial charge >= 0.3 is 0 Å². The lowest BCUT2D eigenvalue weighted by molar-refractivity contribution is -0.141. The first-order valence-corrected chi connectivity index (χ1v) is 16.2. The molecule has 8 nitrogen and oxygen atoms in total. The molecule has 230 valence electrons. The number of benzene rings is 3. The molecule has 0 radical (unpaired) electrons. The Hall–Kier alpha value is -3.60. The number of ether oxygens (including phenoxy) is 1. The molecule has 1 aliphatic rings. The Bertz CT molecular complexity index is 1440. The minimum Gasteiger partial charge on any atom is -0.379 e. The molecule has 1 saturated carbocycles. The average molecular weight is 610 g/mol. The first-order chi connectivity index (χ1) is 20.6. The molecular weight excluding hydrogens is 569 g/mol. The molecule has 0 saturated heterocycles. The quantitative estimate of drug-likeness (QED) is 0.225. The summed E-state index contributed by atoms with van der Waals surface area (Å²) in [5.74, 6) is -0.965. The molecule has 10 heteroatoms. The molecule has 0 unspecified atom stereocenters. The summed E-state index contributed by atoms with van der Waals surface area (Å²) in [6.07, 6.45) is 2.86. The highest BCUT2D eigenvalue weighted by molar-refractivity contribution is 7.89. The molecule has 1 fully saturated rings. The first kappa shape index (κ1) is 32.3. The summed E-state index contributed by atoms with van der Waals surface area (Å²) in [6.45, 7) is 4.89. The van der Waals surface area contributed by atoms with Crippen LogP contribution in [0.15, 0.2) is 83.8 Å². The SMILES string of the molecule is CC(C)OCCCNC(=O)[C@H](c1ccccc1)N(Cc1ccc(F)cc1)C(=O)CCc1ccc(S(=O)(=O)NC2CC2)cc1. The van der Waals surface area contributed by atoms with E-state index in [-0.39, 0.29) is 47.6 Å². The number of nitrogens with zero attached hydrogens (tertiary/aromatic N) is 1. The van der Waals surface area contributed by atoms with Crippen molar-refractivity contribution in [2.24, 2.45) is 0 Å². The van der Waals surface area contributed by atoms with E-state index in [4.69, 9.17) is 4.74 Å². The van der Waals surface area contributed by atoms with Gasteiger partial charge in [0, 0.05) is 32.2 Å². The van der Waals surface area contributed by atoms with Crippen LogP contribution in [0.25, 0.3) is 0 Å². The van der Waals surface area contributed by atoms with Crippen molar-refractivity contribution in [2.45, 2.75) is 75.6 Å². The summed E-state index contributed by atoms with van der Waals surface area (Å²) >= 11 is 0. The van der Waals surface area contributed by atoms with Crippen LogP contribution >= 0.6 is 0 Å². The molecule has 0 heterocycles. The molecule has 4 rings (SSSR count). The lowest BCUT2D eigenvalue weighted by Gasteiger charge is -2.32. The van der Waals surface area contributed by atoms with Crippen molar-refractivity contribution in [3.8, 4) is 0 Å². The summed E-state index contributed by atoms with van der Waals surface area (Å²) in [7, 11) is -3.57. The van der Waals surface area contributed by atoms with E-state index in [1.54, 1.807) is 36.4 Å². The minimum absolute atomic E-state index is 0.0116. The normalized spacial score (nSPS) is 14.0. The van der Waals surface area contributed by atoms with Crippen LogP contribution in [0.4, 0.5) is 4.39 Å². The van der Waals surface area contributed by atoms with Gasteiger partial charge in [-0.05, 0) is 80.5 Å². The van der Waals surface area contributed by atoms with E-state index in [0.717, 1.165) is 18.4 Å². The van der Waals surface area contributed by atoms with E-state index in [2.05, 4.69) is 10.0 Å². The van der Waals surface area contributed by atoms with Gasteiger partial charge in [0.25, 0.3) is 0 Å². The molecule has 1 aliphatic carbocycles. The zero-order valence-electron chi connectivity index (χ0n) is 24.7. The summed E-state index contributed by atoms with van der Waals surface area (Å²) in [6, 6.07) is 20.6. The predicted molar refractivity (Wildman–Crippen MR) is 163 cm³/mol. The number of carbonyl (C=O) groups excluding carboxylic acids is 2. The Morgan fingerprint density at radius 3 is 2.23 bits per heavy atom. The van der Waals surface area contributed by atoms with Gasteiger partial charge in [-0.15, -0.1) is 0 Å². The van der Waals surface area contributed by atoms with E-state index in [9.17, 15) is 22.4 Å². The standard InChI is InChI=1S/C33H40FN3O5S/c1-24(2)42-22-6-21-35-33(39)32(27-7-4-3-5-8-27)37(23-26-9-14-28(34)15-10-26)31(38)20-13-25-11-18-30(19-12-25)43(40,41)36-29-16-17-29/h3-5,7-12,14-15,18-19,24,29,32,36H,6,13,16-17,20-23H2,1-2H3,(H,35,39)/t32-/m0/s1. The third-order valence-corrected chi connectivity index (χ3v) is 8.63. The van der Waals surface area contributed by atoms with Crippen molar-refractivity contribution in [3.05, 3.63) is 101 Å². The van der Waals surface area contributed by atoms with Gasteiger partial charge in [-0.2, -0.15) is 0 Å². The molecule has 0 spiro atoms. The third kappa shape index (κ3) is 9.98. The lowest BCUT2D eigenvalue weighted by atomic mass is 10.0. The lowest BCUT2D eigenvalue weighted by Crippen LogP contribution is -2.44. The molecular formula is C33H40FN3O5S. The van der Waals surface area contributed by atoms with Gasteiger partial charge in [0.1, 0.15) is 11.9 Å². The highest BCUT2D eigenvalue weighted by Gasteiger charge is 2.31. The molecule has 3 aromatic rings. The molecule has 2 N–H and O–H groups in total. The Morgan fingerprint density at radius 2 is 1.60 bits per heavy atom. The largest absolute Gasteiger partial charge is 0.379 e. The predicted octanol–water partition coefficient (Wildman–Crippen LogP) is 4.90. The second kappa shape index (κ2) is 15.2. The van der Waals surface area contributed by atoms with E-state index >= 15 is 0 Å². The second-order valence-electron chi connectivity index (χ2n) is 11.1. The Morgan fingerprint density at radius 1 is 0.953 bits per heavy atom. The van der Waals surface area contributed by atoms with Crippen LogP contribution in [0.5, 0.6) is 0 Å². The van der Waals surface area contributed by atoms with Gasteiger partial charge in [-0.25, -0.2) is 17.5 Å². The van der Waals surface area contributed by atoms with Crippen molar-refractivity contribution in [1.82, 2.24) is 14.9 Å². The van der Waals surface area contributed by atoms with Crippen LogP contribution in [-0.4, -0.2) is 50.4 Å². The van der Waals surface area contributed by atoms with Gasteiger partial charge in [0.15, 0.2) is 0 Å². The van der Waals surface area contributed by atoms with Crippen molar-refractivity contribution in [3.63, 3.8) is 0 Å². The zero-order chi connectivity index (χ0) is 30.8. The van der Waals surface area contributed by atoms with Crippen LogP contribution in [0, 0.1) is 5.82 Å². The van der Waals surface area contributed by atoms with Gasteiger partial charge in [-0.3, -0.25) is 9.59 Å². The van der Waals surface area contributed by atoms with Gasteiger partial charge in [-0.1, -0.05) is 54.6 Å². The number of hydrogen-bond donors (Lipinski definition) is 2. The van der Waals surface area contributed by atoms with E-state index in [0.29, 0.717) is 37.1 Å². The Labute approximate surface area is 253 Å². The third-order valence-electron chi connectivity index (χ3n) is 7.09. The number of rotatable bonds is 16. The summed E-state index contributed by atoms with van der Waals surface area (Å²) in [4.78, 5) is 29.2. The topological polar surface area (TPSA) is 105 Å². The maximum absolute atomic E-state index is 13.9.